The monoisotopic (exact) mass is 245 g/mol. The molecule has 0 aliphatic heterocycles. The van der Waals surface area contributed by atoms with Gasteiger partial charge < -0.3 is 15.0 Å². The van der Waals surface area contributed by atoms with Gasteiger partial charge in [-0.15, -0.1) is 0 Å². The van der Waals surface area contributed by atoms with Gasteiger partial charge in [-0.25, -0.2) is 0 Å². The molecule has 2 atom stereocenters. The van der Waals surface area contributed by atoms with Crippen LogP contribution in [0.4, 0.5) is 0 Å². The van der Waals surface area contributed by atoms with Crippen LogP contribution in [0.15, 0.2) is 0 Å². The molecule has 5 heteroatoms. The average Bonchev–Trinajstić information content (AvgIpc) is 2.28. The predicted octanol–water partition coefficient (Wildman–Crippen LogP) is 0.0194. The largest absolute Gasteiger partial charge is 0.468 e. The molecule has 0 amide bonds. The molecule has 1 N–H and O–H groups in total. The Hall–Kier alpha value is -0.650. The van der Waals surface area contributed by atoms with Gasteiger partial charge in [0.05, 0.1) is 7.11 Å². The highest BCUT2D eigenvalue weighted by Gasteiger charge is 2.22. The van der Waals surface area contributed by atoms with E-state index in [1.165, 1.54) is 7.11 Å². The molecule has 0 saturated heterocycles. The molecule has 0 radical (unpaired) electrons. The van der Waals surface area contributed by atoms with Gasteiger partial charge in [0.25, 0.3) is 0 Å². The van der Waals surface area contributed by atoms with E-state index >= 15 is 0 Å². The number of ether oxygens (including phenoxy) is 1. The van der Waals surface area contributed by atoms with E-state index in [9.17, 15) is 4.79 Å². The summed E-state index contributed by atoms with van der Waals surface area (Å²) in [5, 5.41) is 3.00. The molecule has 2 unspecified atom stereocenters. The van der Waals surface area contributed by atoms with Crippen molar-refractivity contribution in [3.8, 4) is 0 Å². The number of methoxy groups -OCH3 is 1. The summed E-state index contributed by atoms with van der Waals surface area (Å²) in [5.74, 6) is -0.206. The van der Waals surface area contributed by atoms with E-state index in [0.717, 1.165) is 13.1 Å². The summed E-state index contributed by atoms with van der Waals surface area (Å²) in [7, 11) is 7.32. The molecular weight excluding hydrogens is 218 g/mol. The second-order valence-corrected chi connectivity index (χ2v) is 4.56. The zero-order valence-electron chi connectivity index (χ0n) is 12.0. The lowest BCUT2D eigenvalue weighted by molar-refractivity contribution is -0.143. The molecule has 0 aliphatic carbocycles. The highest BCUT2D eigenvalue weighted by Crippen LogP contribution is 2.02. The van der Waals surface area contributed by atoms with Gasteiger partial charge in [0.15, 0.2) is 0 Å². The fourth-order valence-corrected chi connectivity index (χ4v) is 1.93. The number of hydrogen-bond donors (Lipinski definition) is 1. The third-order valence-corrected chi connectivity index (χ3v) is 2.91. The Morgan fingerprint density at radius 3 is 2.29 bits per heavy atom. The van der Waals surface area contributed by atoms with E-state index in [0.29, 0.717) is 12.6 Å². The van der Waals surface area contributed by atoms with Crippen LogP contribution in [0, 0.1) is 0 Å². The molecule has 0 aromatic carbocycles. The van der Waals surface area contributed by atoms with Crippen molar-refractivity contribution in [2.45, 2.75) is 25.9 Å². The SMILES string of the molecule is CCN(CC(NC)C(=O)OC)C(C)CN(C)C. The van der Waals surface area contributed by atoms with Crippen molar-refractivity contribution < 1.29 is 9.53 Å². The summed E-state index contributed by atoms with van der Waals surface area (Å²) in [6.45, 7) is 6.86. The minimum Gasteiger partial charge on any atom is -0.468 e. The first-order valence-corrected chi connectivity index (χ1v) is 6.10. The van der Waals surface area contributed by atoms with Crippen LogP contribution in [0.3, 0.4) is 0 Å². The predicted molar refractivity (Wildman–Crippen MR) is 70.1 cm³/mol. The van der Waals surface area contributed by atoms with Gasteiger partial charge in [-0.2, -0.15) is 0 Å². The molecule has 0 aromatic rings. The summed E-state index contributed by atoms with van der Waals surface area (Å²) in [5.41, 5.74) is 0. The minimum atomic E-state index is -0.260. The first kappa shape index (κ1) is 16.4. The number of carbonyl (C=O) groups is 1. The number of esters is 1. The smallest absolute Gasteiger partial charge is 0.324 e. The normalized spacial score (nSPS) is 15.1. The Labute approximate surface area is 105 Å². The third-order valence-electron chi connectivity index (χ3n) is 2.91. The molecule has 0 heterocycles. The topological polar surface area (TPSA) is 44.8 Å². The van der Waals surface area contributed by atoms with Crippen LogP contribution in [-0.4, -0.2) is 75.7 Å². The molecule has 0 aliphatic rings. The molecule has 5 nitrogen and oxygen atoms in total. The van der Waals surface area contributed by atoms with Gasteiger partial charge in [-0.3, -0.25) is 9.69 Å². The van der Waals surface area contributed by atoms with Crippen molar-refractivity contribution >= 4 is 5.97 Å². The van der Waals surface area contributed by atoms with Crippen molar-refractivity contribution in [2.24, 2.45) is 0 Å². The molecule has 102 valence electrons. The van der Waals surface area contributed by atoms with E-state index < -0.39 is 0 Å². The Morgan fingerprint density at radius 1 is 1.35 bits per heavy atom. The first-order valence-electron chi connectivity index (χ1n) is 6.10. The summed E-state index contributed by atoms with van der Waals surface area (Å²) in [6, 6.07) is 0.153. The maximum Gasteiger partial charge on any atom is 0.324 e. The van der Waals surface area contributed by atoms with Crippen molar-refractivity contribution in [2.75, 3.05) is 47.9 Å². The van der Waals surface area contributed by atoms with Gasteiger partial charge in [0, 0.05) is 19.1 Å². The Bertz CT molecular complexity index is 222. The molecule has 0 spiro atoms. The molecule has 17 heavy (non-hydrogen) atoms. The fourth-order valence-electron chi connectivity index (χ4n) is 1.93. The quantitative estimate of drug-likeness (QED) is 0.611. The van der Waals surface area contributed by atoms with E-state index in [2.05, 4.69) is 43.1 Å². The number of nitrogens with one attached hydrogen (secondary N) is 1. The number of rotatable bonds is 8. The highest BCUT2D eigenvalue weighted by molar-refractivity contribution is 5.75. The highest BCUT2D eigenvalue weighted by atomic mass is 16.5. The fraction of sp³-hybridized carbons (Fsp3) is 0.917. The van der Waals surface area contributed by atoms with Crippen molar-refractivity contribution in [1.82, 2.24) is 15.1 Å². The number of carbonyl (C=O) groups excluding carboxylic acids is 1. The Balaban J connectivity index is 4.40. The van der Waals surface area contributed by atoms with Crippen LogP contribution in [0.1, 0.15) is 13.8 Å². The van der Waals surface area contributed by atoms with Crippen molar-refractivity contribution in [1.29, 1.82) is 0 Å². The van der Waals surface area contributed by atoms with E-state index in [1.807, 2.05) is 0 Å². The Morgan fingerprint density at radius 2 is 1.94 bits per heavy atom. The zero-order valence-corrected chi connectivity index (χ0v) is 12.0. The third kappa shape index (κ3) is 6.00. The van der Waals surface area contributed by atoms with Gasteiger partial charge in [-0.05, 0) is 34.6 Å². The van der Waals surface area contributed by atoms with Crippen molar-refractivity contribution in [3.05, 3.63) is 0 Å². The average molecular weight is 245 g/mol. The zero-order chi connectivity index (χ0) is 13.4. The second-order valence-electron chi connectivity index (χ2n) is 4.56. The molecule has 0 bridgehead atoms. The standard InChI is InChI=1S/C12H27N3O2/c1-7-15(10(2)8-14(4)5)9-11(13-3)12(16)17-6/h10-11,13H,7-9H2,1-6H3. The van der Waals surface area contributed by atoms with E-state index in [1.54, 1.807) is 7.05 Å². The summed E-state index contributed by atoms with van der Waals surface area (Å²) < 4.78 is 4.77. The number of nitrogens with zero attached hydrogens (tertiary/aromatic N) is 2. The van der Waals surface area contributed by atoms with Crippen LogP contribution in [0.2, 0.25) is 0 Å². The molecule has 0 aromatic heterocycles. The van der Waals surface area contributed by atoms with Crippen molar-refractivity contribution in [3.63, 3.8) is 0 Å². The lowest BCUT2D eigenvalue weighted by Crippen LogP contribution is -2.50. The molecule has 0 saturated carbocycles. The minimum absolute atomic E-state index is 0.206. The van der Waals surface area contributed by atoms with Crippen LogP contribution in [-0.2, 0) is 9.53 Å². The second kappa shape index (κ2) is 8.44. The summed E-state index contributed by atoms with van der Waals surface area (Å²) >= 11 is 0. The van der Waals surface area contributed by atoms with Crippen LogP contribution in [0.5, 0.6) is 0 Å². The molecular formula is C12H27N3O2. The lowest BCUT2D eigenvalue weighted by Gasteiger charge is -2.32. The molecule has 0 rings (SSSR count). The van der Waals surface area contributed by atoms with Crippen LogP contribution < -0.4 is 5.32 Å². The first-order chi connectivity index (χ1) is 7.96. The van der Waals surface area contributed by atoms with Gasteiger partial charge >= 0.3 is 5.97 Å². The lowest BCUT2D eigenvalue weighted by atomic mass is 10.2. The number of hydrogen-bond acceptors (Lipinski definition) is 5. The van der Waals surface area contributed by atoms with Gasteiger partial charge in [0.1, 0.15) is 6.04 Å². The number of likely N-dealkylation sites (N-methyl/N-ethyl adjacent to an activating group) is 3. The Kier molecular flexibility index (Phi) is 8.12. The summed E-state index contributed by atoms with van der Waals surface area (Å²) in [4.78, 5) is 15.9. The maximum absolute atomic E-state index is 11.5. The van der Waals surface area contributed by atoms with Crippen LogP contribution in [0.25, 0.3) is 0 Å². The summed E-state index contributed by atoms with van der Waals surface area (Å²) in [6.07, 6.45) is 0. The maximum atomic E-state index is 11.5. The van der Waals surface area contributed by atoms with Crippen LogP contribution >= 0.6 is 0 Å². The van der Waals surface area contributed by atoms with Gasteiger partial charge in [0.2, 0.25) is 0 Å². The van der Waals surface area contributed by atoms with E-state index in [-0.39, 0.29) is 12.0 Å². The van der Waals surface area contributed by atoms with E-state index in [4.69, 9.17) is 4.74 Å². The van der Waals surface area contributed by atoms with Gasteiger partial charge in [-0.1, -0.05) is 6.92 Å². The molecule has 0 fully saturated rings.